The fourth-order valence-electron chi connectivity index (χ4n) is 1.40. The number of rotatable bonds is 4. The van der Waals surface area contributed by atoms with E-state index in [-0.39, 0.29) is 0 Å². The van der Waals surface area contributed by atoms with Crippen molar-refractivity contribution in [1.82, 2.24) is 10.1 Å². The van der Waals surface area contributed by atoms with Crippen molar-refractivity contribution in [2.75, 3.05) is 0 Å². The van der Waals surface area contributed by atoms with Crippen molar-refractivity contribution in [1.29, 1.82) is 0 Å². The standard InChI is InChI=1S/C13H14N2O3S/c1-8(2)7-11(16)17-9(3)13-14-12(15-18-13)10-5-4-6-19-10/h4-7,9H,1-3H3/t9-/m0/s1. The van der Waals surface area contributed by atoms with Gasteiger partial charge in [-0.15, -0.1) is 11.3 Å². The molecule has 100 valence electrons. The smallest absolute Gasteiger partial charge is 0.331 e. The SMILES string of the molecule is CC(C)=CC(=O)O[C@@H](C)c1nc(-c2cccs2)no1. The number of hydrogen-bond donors (Lipinski definition) is 0. The van der Waals surface area contributed by atoms with Crippen molar-refractivity contribution in [3.63, 3.8) is 0 Å². The van der Waals surface area contributed by atoms with E-state index in [0.717, 1.165) is 10.5 Å². The summed E-state index contributed by atoms with van der Waals surface area (Å²) < 4.78 is 10.3. The van der Waals surface area contributed by atoms with E-state index < -0.39 is 12.1 Å². The van der Waals surface area contributed by atoms with Crippen LogP contribution in [0.3, 0.4) is 0 Å². The molecule has 0 aliphatic carbocycles. The van der Waals surface area contributed by atoms with Crippen molar-refractivity contribution < 1.29 is 14.1 Å². The third-order valence-electron chi connectivity index (χ3n) is 2.23. The Kier molecular flexibility index (Phi) is 4.11. The zero-order valence-electron chi connectivity index (χ0n) is 10.9. The molecule has 19 heavy (non-hydrogen) atoms. The van der Waals surface area contributed by atoms with E-state index in [1.807, 2.05) is 31.4 Å². The van der Waals surface area contributed by atoms with Crippen LogP contribution in [0, 0.1) is 0 Å². The van der Waals surface area contributed by atoms with Gasteiger partial charge in [0.15, 0.2) is 6.10 Å². The molecule has 6 heteroatoms. The zero-order valence-corrected chi connectivity index (χ0v) is 11.7. The third kappa shape index (κ3) is 3.51. The number of aromatic nitrogens is 2. The number of nitrogens with zero attached hydrogens (tertiary/aromatic N) is 2. The van der Waals surface area contributed by atoms with Gasteiger partial charge in [0, 0.05) is 6.08 Å². The average molecular weight is 278 g/mol. The Hall–Kier alpha value is -1.95. The van der Waals surface area contributed by atoms with Gasteiger partial charge < -0.3 is 9.26 Å². The lowest BCUT2D eigenvalue weighted by Gasteiger charge is -2.06. The van der Waals surface area contributed by atoms with Crippen LogP contribution in [0.2, 0.25) is 0 Å². The minimum atomic E-state index is -0.565. The van der Waals surface area contributed by atoms with Gasteiger partial charge in [-0.05, 0) is 32.2 Å². The topological polar surface area (TPSA) is 65.2 Å². The third-order valence-corrected chi connectivity index (χ3v) is 3.10. The zero-order chi connectivity index (χ0) is 13.8. The molecule has 0 radical (unpaired) electrons. The molecular weight excluding hydrogens is 264 g/mol. The second kappa shape index (κ2) is 5.79. The summed E-state index contributed by atoms with van der Waals surface area (Å²) in [5.41, 5.74) is 0.877. The van der Waals surface area contributed by atoms with E-state index in [1.54, 1.807) is 6.92 Å². The van der Waals surface area contributed by atoms with Crippen LogP contribution in [0.4, 0.5) is 0 Å². The molecular formula is C13H14N2O3S. The largest absolute Gasteiger partial charge is 0.449 e. The fraction of sp³-hybridized carbons (Fsp3) is 0.308. The quantitative estimate of drug-likeness (QED) is 0.633. The summed E-state index contributed by atoms with van der Waals surface area (Å²) in [6.45, 7) is 5.35. The molecule has 0 spiro atoms. The van der Waals surface area contributed by atoms with Gasteiger partial charge in [0.2, 0.25) is 5.82 Å². The van der Waals surface area contributed by atoms with E-state index in [0.29, 0.717) is 11.7 Å². The van der Waals surface area contributed by atoms with E-state index >= 15 is 0 Å². The Morgan fingerprint density at radius 3 is 2.95 bits per heavy atom. The average Bonchev–Trinajstić information content (AvgIpc) is 2.99. The molecule has 2 rings (SSSR count). The van der Waals surface area contributed by atoms with Crippen LogP contribution < -0.4 is 0 Å². The van der Waals surface area contributed by atoms with Gasteiger partial charge in [-0.25, -0.2) is 4.79 Å². The number of hydrogen-bond acceptors (Lipinski definition) is 6. The monoisotopic (exact) mass is 278 g/mol. The van der Waals surface area contributed by atoms with Crippen LogP contribution in [0.15, 0.2) is 33.7 Å². The lowest BCUT2D eigenvalue weighted by molar-refractivity contribution is -0.143. The van der Waals surface area contributed by atoms with Gasteiger partial charge in [-0.3, -0.25) is 0 Å². The van der Waals surface area contributed by atoms with Crippen molar-refractivity contribution in [2.24, 2.45) is 0 Å². The fourth-order valence-corrected chi connectivity index (χ4v) is 2.05. The van der Waals surface area contributed by atoms with Crippen molar-refractivity contribution in [3.05, 3.63) is 35.1 Å². The first-order valence-corrected chi connectivity index (χ1v) is 6.67. The molecule has 2 aromatic heterocycles. The van der Waals surface area contributed by atoms with E-state index in [4.69, 9.17) is 9.26 Å². The summed E-state index contributed by atoms with van der Waals surface area (Å²) in [6, 6.07) is 3.81. The van der Waals surface area contributed by atoms with Gasteiger partial charge in [0.25, 0.3) is 5.89 Å². The maximum atomic E-state index is 11.5. The number of carbonyl (C=O) groups is 1. The summed E-state index contributed by atoms with van der Waals surface area (Å²) in [7, 11) is 0. The molecule has 2 heterocycles. The predicted octanol–water partition coefficient (Wildman–Crippen LogP) is 3.37. The van der Waals surface area contributed by atoms with E-state index in [2.05, 4.69) is 10.1 Å². The highest BCUT2D eigenvalue weighted by molar-refractivity contribution is 7.13. The van der Waals surface area contributed by atoms with Crippen molar-refractivity contribution in [2.45, 2.75) is 26.9 Å². The summed E-state index contributed by atoms with van der Waals surface area (Å²) in [5.74, 6) is 0.386. The Morgan fingerprint density at radius 1 is 1.53 bits per heavy atom. The molecule has 0 aliphatic heterocycles. The number of allylic oxidation sites excluding steroid dienone is 1. The number of esters is 1. The predicted molar refractivity (Wildman–Crippen MR) is 71.5 cm³/mol. The van der Waals surface area contributed by atoms with Crippen LogP contribution in [0.5, 0.6) is 0 Å². The lowest BCUT2D eigenvalue weighted by atomic mass is 10.3. The van der Waals surface area contributed by atoms with Crippen LogP contribution in [0.1, 0.15) is 32.8 Å². The maximum absolute atomic E-state index is 11.5. The van der Waals surface area contributed by atoms with Crippen LogP contribution >= 0.6 is 11.3 Å². The first-order valence-electron chi connectivity index (χ1n) is 5.79. The normalized spacial score (nSPS) is 11.9. The molecule has 2 aromatic rings. The Balaban J connectivity index is 2.06. The molecule has 0 saturated carbocycles. The maximum Gasteiger partial charge on any atom is 0.331 e. The van der Waals surface area contributed by atoms with Crippen LogP contribution in [-0.2, 0) is 9.53 Å². The minimum absolute atomic E-state index is 0.291. The van der Waals surface area contributed by atoms with Crippen LogP contribution in [-0.4, -0.2) is 16.1 Å². The summed E-state index contributed by atoms with van der Waals surface area (Å²) in [4.78, 5) is 16.6. The molecule has 0 amide bonds. The second-order valence-corrected chi connectivity index (χ2v) is 5.18. The minimum Gasteiger partial charge on any atom is -0.449 e. The van der Waals surface area contributed by atoms with Gasteiger partial charge in [0.05, 0.1) is 4.88 Å². The van der Waals surface area contributed by atoms with Gasteiger partial charge in [-0.2, -0.15) is 4.98 Å². The van der Waals surface area contributed by atoms with Crippen molar-refractivity contribution in [3.8, 4) is 10.7 Å². The molecule has 5 nitrogen and oxygen atoms in total. The molecule has 0 aromatic carbocycles. The number of thiophene rings is 1. The first kappa shape index (κ1) is 13.5. The lowest BCUT2D eigenvalue weighted by Crippen LogP contribution is -2.06. The highest BCUT2D eigenvalue weighted by atomic mass is 32.1. The van der Waals surface area contributed by atoms with Gasteiger partial charge in [-0.1, -0.05) is 16.8 Å². The summed E-state index contributed by atoms with van der Waals surface area (Å²) in [6.07, 6.45) is 0.858. The highest BCUT2D eigenvalue weighted by Crippen LogP contribution is 2.24. The van der Waals surface area contributed by atoms with E-state index in [1.165, 1.54) is 17.4 Å². The van der Waals surface area contributed by atoms with Gasteiger partial charge >= 0.3 is 5.97 Å². The first-order chi connectivity index (χ1) is 9.06. The van der Waals surface area contributed by atoms with Crippen LogP contribution in [0.25, 0.3) is 10.7 Å². The second-order valence-electron chi connectivity index (χ2n) is 4.23. The Bertz CT molecular complexity index is 583. The molecule has 0 unspecified atom stereocenters. The summed E-state index contributed by atoms with van der Waals surface area (Å²) in [5, 5.41) is 5.80. The Morgan fingerprint density at radius 2 is 2.32 bits per heavy atom. The van der Waals surface area contributed by atoms with Crippen molar-refractivity contribution >= 4 is 17.3 Å². The van der Waals surface area contributed by atoms with E-state index in [9.17, 15) is 4.79 Å². The number of carbonyl (C=O) groups excluding carboxylic acids is 1. The van der Waals surface area contributed by atoms with Gasteiger partial charge in [0.1, 0.15) is 0 Å². The molecule has 0 N–H and O–H groups in total. The molecule has 1 atom stereocenters. The number of ether oxygens (including phenoxy) is 1. The Labute approximate surface area is 114 Å². The molecule has 0 bridgehead atoms. The highest BCUT2D eigenvalue weighted by Gasteiger charge is 2.18. The molecule has 0 saturated heterocycles. The molecule has 0 aliphatic rings. The summed E-state index contributed by atoms with van der Waals surface area (Å²) >= 11 is 1.52. The molecule has 0 fully saturated rings.